The van der Waals surface area contributed by atoms with Gasteiger partial charge in [0.2, 0.25) is 15.9 Å². The van der Waals surface area contributed by atoms with Crippen molar-refractivity contribution in [2.24, 2.45) is 0 Å². The quantitative estimate of drug-likeness (QED) is 0.343. The van der Waals surface area contributed by atoms with Crippen molar-refractivity contribution < 1.29 is 22.7 Å². The lowest BCUT2D eigenvalue weighted by atomic mass is 9.86. The van der Waals surface area contributed by atoms with Gasteiger partial charge in [-0.05, 0) is 47.7 Å². The van der Waals surface area contributed by atoms with Crippen LogP contribution < -0.4 is 24.8 Å². The van der Waals surface area contributed by atoms with E-state index in [9.17, 15) is 13.2 Å². The smallest absolute Gasteiger partial charge is 0.255 e. The molecular weight excluding hydrogens is 544 g/mol. The predicted octanol–water partition coefficient (Wildman–Crippen LogP) is 3.91. The molecule has 0 radical (unpaired) electrons. The van der Waals surface area contributed by atoms with E-state index in [1.54, 1.807) is 42.6 Å². The van der Waals surface area contributed by atoms with Gasteiger partial charge >= 0.3 is 0 Å². The highest BCUT2D eigenvalue weighted by Gasteiger charge is 2.23. The van der Waals surface area contributed by atoms with Gasteiger partial charge in [0, 0.05) is 44.0 Å². The lowest BCUT2D eigenvalue weighted by Gasteiger charge is -2.26. The first-order chi connectivity index (χ1) is 19.3. The number of nitrogens with one attached hydrogen (secondary N) is 3. The number of amides is 1. The number of methoxy groups -OCH3 is 1. The second kappa shape index (κ2) is 12.4. The van der Waals surface area contributed by atoms with Crippen molar-refractivity contribution in [3.8, 4) is 17.4 Å². The molecule has 41 heavy (non-hydrogen) atoms. The Bertz CT molecular complexity index is 1510. The largest absolute Gasteiger partial charge is 0.492 e. The van der Waals surface area contributed by atoms with Gasteiger partial charge in [0.05, 0.1) is 31.3 Å². The minimum absolute atomic E-state index is 0.207. The van der Waals surface area contributed by atoms with Crippen molar-refractivity contribution in [2.75, 3.05) is 49.6 Å². The number of hydrogen-bond donors (Lipinski definition) is 3. The van der Waals surface area contributed by atoms with Gasteiger partial charge in [-0.1, -0.05) is 26.8 Å². The second-order valence-corrected chi connectivity index (χ2v) is 12.9. The zero-order valence-electron chi connectivity index (χ0n) is 24.4. The van der Waals surface area contributed by atoms with Crippen LogP contribution in [0.1, 0.15) is 48.1 Å². The number of rotatable bonds is 9. The number of carbonyl (C=O) groups is 1. The second-order valence-electron chi connectivity index (χ2n) is 11.1. The number of hydrogen-bond acceptors (Lipinski definition) is 9. The van der Waals surface area contributed by atoms with Gasteiger partial charge in [-0.3, -0.25) is 14.4 Å². The molecule has 1 aliphatic heterocycles. The van der Waals surface area contributed by atoms with E-state index in [2.05, 4.69) is 30.2 Å². The lowest BCUT2D eigenvalue weighted by Crippen LogP contribution is -2.43. The van der Waals surface area contributed by atoms with Crippen molar-refractivity contribution in [2.45, 2.75) is 39.7 Å². The monoisotopic (exact) mass is 582 g/mol. The van der Waals surface area contributed by atoms with Crippen LogP contribution >= 0.6 is 0 Å². The van der Waals surface area contributed by atoms with Crippen LogP contribution in [-0.4, -0.2) is 68.7 Å². The zero-order valence-corrected chi connectivity index (χ0v) is 25.2. The first kappa shape index (κ1) is 30.2. The number of carbonyl (C=O) groups excluding carboxylic acids is 1. The molecule has 0 bridgehead atoms. The Morgan fingerprint density at radius 1 is 1.10 bits per heavy atom. The summed E-state index contributed by atoms with van der Waals surface area (Å²) in [5, 5.41) is 6.22. The Balaban J connectivity index is 1.58. The van der Waals surface area contributed by atoms with E-state index in [-0.39, 0.29) is 16.9 Å². The van der Waals surface area contributed by atoms with Crippen LogP contribution in [0, 0.1) is 6.92 Å². The Kier molecular flexibility index (Phi) is 9.15. The predicted molar refractivity (Wildman–Crippen MR) is 160 cm³/mol. The molecule has 0 unspecified atom stereocenters. The fourth-order valence-electron chi connectivity index (χ4n) is 4.39. The molecule has 0 spiro atoms. The molecule has 3 aromatic rings. The number of nitrogens with zero attached hydrogens (tertiary/aromatic N) is 3. The molecule has 11 nitrogen and oxygen atoms in total. The Hall–Kier alpha value is -3.74. The maximum atomic E-state index is 13.4. The number of sulfonamides is 1. The first-order valence-corrected chi connectivity index (χ1v) is 15.3. The van der Waals surface area contributed by atoms with Gasteiger partial charge < -0.3 is 20.1 Å². The van der Waals surface area contributed by atoms with Crippen LogP contribution in [0.4, 0.5) is 11.4 Å². The number of aryl methyl sites for hydroxylation is 1. The van der Waals surface area contributed by atoms with Crippen molar-refractivity contribution in [3.05, 3.63) is 65.1 Å². The maximum absolute atomic E-state index is 13.4. The third-order valence-electron chi connectivity index (χ3n) is 6.62. The van der Waals surface area contributed by atoms with Crippen molar-refractivity contribution in [1.29, 1.82) is 0 Å². The molecule has 2 aromatic carbocycles. The molecule has 0 aliphatic carbocycles. The fraction of sp³-hybridized carbons (Fsp3) is 0.414. The lowest BCUT2D eigenvalue weighted by molar-refractivity contribution is 0.102. The maximum Gasteiger partial charge on any atom is 0.255 e. The first-order valence-electron chi connectivity index (χ1n) is 13.4. The van der Waals surface area contributed by atoms with Gasteiger partial charge in [-0.15, -0.1) is 0 Å². The normalized spacial score (nSPS) is 14.4. The Morgan fingerprint density at radius 3 is 2.46 bits per heavy atom. The van der Waals surface area contributed by atoms with Crippen molar-refractivity contribution >= 4 is 27.3 Å². The molecule has 1 aliphatic rings. The summed E-state index contributed by atoms with van der Waals surface area (Å²) in [6.07, 6.45) is 2.73. The third kappa shape index (κ3) is 8.15. The molecule has 220 valence electrons. The number of ether oxygens (including phenoxy) is 2. The van der Waals surface area contributed by atoms with Gasteiger partial charge in [-0.25, -0.2) is 13.4 Å². The number of benzene rings is 2. The van der Waals surface area contributed by atoms with E-state index >= 15 is 0 Å². The van der Waals surface area contributed by atoms with E-state index in [1.807, 2.05) is 27.7 Å². The summed E-state index contributed by atoms with van der Waals surface area (Å²) in [4.78, 5) is 24.7. The van der Waals surface area contributed by atoms with E-state index in [1.165, 1.54) is 7.11 Å². The standard InChI is InChI=1S/C29H38N6O5S/c1-19-7-8-20(15-24(19)40-26-9-10-31-25(33-26)18-35-13-11-30-12-14-35)28(36)32-22-16-21(29(2,3)4)17-23(27(22)39-5)34-41(6,37)38/h7-10,15-17,30,34H,11-14,18H2,1-6H3,(H,32,36). The summed E-state index contributed by atoms with van der Waals surface area (Å²) in [5.74, 6) is 1.34. The molecule has 1 fully saturated rings. The highest BCUT2D eigenvalue weighted by Crippen LogP contribution is 2.39. The van der Waals surface area contributed by atoms with E-state index in [4.69, 9.17) is 9.47 Å². The van der Waals surface area contributed by atoms with E-state index in [0.29, 0.717) is 35.2 Å². The minimum atomic E-state index is -3.60. The van der Waals surface area contributed by atoms with Crippen LogP contribution in [0.2, 0.25) is 0 Å². The number of piperazine rings is 1. The SMILES string of the molecule is COc1c(NC(=O)c2ccc(C)c(Oc3ccnc(CN4CCNCC4)n3)c2)cc(C(C)(C)C)cc1NS(C)(=O)=O. The van der Waals surface area contributed by atoms with Gasteiger partial charge in [0.25, 0.3) is 5.91 Å². The average molecular weight is 583 g/mol. The van der Waals surface area contributed by atoms with E-state index < -0.39 is 15.9 Å². The third-order valence-corrected chi connectivity index (χ3v) is 7.21. The molecule has 12 heteroatoms. The molecule has 4 rings (SSSR count). The van der Waals surface area contributed by atoms with Gasteiger partial charge in [0.1, 0.15) is 11.6 Å². The molecule has 1 saturated heterocycles. The summed E-state index contributed by atoms with van der Waals surface area (Å²) in [6, 6.07) is 10.3. The molecular formula is C29H38N6O5S. The molecule has 1 amide bonds. The molecule has 2 heterocycles. The molecule has 3 N–H and O–H groups in total. The van der Waals surface area contributed by atoms with E-state index in [0.717, 1.165) is 43.6 Å². The minimum Gasteiger partial charge on any atom is -0.492 e. The highest BCUT2D eigenvalue weighted by atomic mass is 32.2. The number of anilines is 2. The van der Waals surface area contributed by atoms with Crippen LogP contribution in [0.15, 0.2) is 42.6 Å². The Labute approximate surface area is 241 Å². The van der Waals surface area contributed by atoms with Gasteiger partial charge in [0.15, 0.2) is 5.75 Å². The highest BCUT2D eigenvalue weighted by molar-refractivity contribution is 7.92. The molecule has 0 saturated carbocycles. The summed E-state index contributed by atoms with van der Waals surface area (Å²) in [7, 11) is -2.17. The number of aromatic nitrogens is 2. The summed E-state index contributed by atoms with van der Waals surface area (Å²) >= 11 is 0. The average Bonchev–Trinajstić information content (AvgIpc) is 2.89. The topological polar surface area (TPSA) is 135 Å². The summed E-state index contributed by atoms with van der Waals surface area (Å²) in [5.41, 5.74) is 2.25. The van der Waals surface area contributed by atoms with Crippen LogP contribution in [-0.2, 0) is 22.0 Å². The summed E-state index contributed by atoms with van der Waals surface area (Å²) < 4.78 is 38.2. The zero-order chi connectivity index (χ0) is 29.8. The Morgan fingerprint density at radius 2 is 1.80 bits per heavy atom. The van der Waals surface area contributed by atoms with Crippen molar-refractivity contribution in [1.82, 2.24) is 20.2 Å². The van der Waals surface area contributed by atoms with Gasteiger partial charge in [-0.2, -0.15) is 4.98 Å². The van der Waals surface area contributed by atoms with Crippen molar-refractivity contribution in [3.63, 3.8) is 0 Å². The van der Waals surface area contributed by atoms with Crippen LogP contribution in [0.3, 0.4) is 0 Å². The molecule has 1 aromatic heterocycles. The fourth-order valence-corrected chi connectivity index (χ4v) is 4.94. The van der Waals surface area contributed by atoms with Crippen LogP contribution in [0.5, 0.6) is 17.4 Å². The summed E-state index contributed by atoms with van der Waals surface area (Å²) in [6.45, 7) is 12.2. The molecule has 0 atom stereocenters. The van der Waals surface area contributed by atoms with Crippen LogP contribution in [0.25, 0.3) is 0 Å².